The number of pyridine rings is 1. The number of nitrogens with zero attached hydrogens (tertiary/aromatic N) is 5. The monoisotopic (exact) mass is 407 g/mol. The van der Waals surface area contributed by atoms with Crippen LogP contribution in [-0.4, -0.2) is 59.2 Å². The summed E-state index contributed by atoms with van der Waals surface area (Å²) in [5.74, 6) is 2.65. The molecular formula is C22H25N5O3. The van der Waals surface area contributed by atoms with Gasteiger partial charge in [-0.05, 0) is 36.8 Å². The fraction of sp³-hybridized carbons (Fsp3) is 0.364. The summed E-state index contributed by atoms with van der Waals surface area (Å²) in [7, 11) is 1.60. The molecule has 156 valence electrons. The van der Waals surface area contributed by atoms with Crippen LogP contribution in [0.15, 0.2) is 47.1 Å². The number of ether oxygens (including phenoxy) is 1. The molecule has 0 aliphatic carbocycles. The van der Waals surface area contributed by atoms with Gasteiger partial charge in [0.2, 0.25) is 0 Å². The number of rotatable bonds is 5. The summed E-state index contributed by atoms with van der Waals surface area (Å²) in [5.41, 5.74) is 1.46. The molecule has 1 fully saturated rings. The molecule has 1 saturated heterocycles. The Morgan fingerprint density at radius 3 is 2.87 bits per heavy atom. The molecule has 1 aliphatic heterocycles. The summed E-state index contributed by atoms with van der Waals surface area (Å²) in [5, 5.41) is 4.00. The zero-order valence-electron chi connectivity index (χ0n) is 17.2. The zero-order valence-corrected chi connectivity index (χ0v) is 17.2. The van der Waals surface area contributed by atoms with Crippen LogP contribution >= 0.6 is 0 Å². The molecule has 3 heterocycles. The van der Waals surface area contributed by atoms with E-state index < -0.39 is 0 Å². The van der Waals surface area contributed by atoms with Gasteiger partial charge in [0.05, 0.1) is 12.7 Å². The minimum Gasteiger partial charge on any atom is -0.497 e. The summed E-state index contributed by atoms with van der Waals surface area (Å²) >= 11 is 0. The summed E-state index contributed by atoms with van der Waals surface area (Å²) in [6.07, 6.45) is 3.32. The van der Waals surface area contributed by atoms with Gasteiger partial charge >= 0.3 is 0 Å². The van der Waals surface area contributed by atoms with Crippen LogP contribution < -0.4 is 9.64 Å². The van der Waals surface area contributed by atoms with Crippen LogP contribution in [0.2, 0.25) is 0 Å². The van der Waals surface area contributed by atoms with Crippen molar-refractivity contribution < 1.29 is 14.1 Å². The summed E-state index contributed by atoms with van der Waals surface area (Å²) in [6.45, 7) is 4.75. The van der Waals surface area contributed by atoms with Gasteiger partial charge in [-0.1, -0.05) is 18.1 Å². The molecule has 0 radical (unpaired) electrons. The molecule has 30 heavy (non-hydrogen) atoms. The van der Waals surface area contributed by atoms with Crippen molar-refractivity contribution in [2.45, 2.75) is 19.8 Å². The Morgan fingerprint density at radius 2 is 2.07 bits per heavy atom. The second-order valence-corrected chi connectivity index (χ2v) is 7.11. The Labute approximate surface area is 175 Å². The van der Waals surface area contributed by atoms with Crippen molar-refractivity contribution in [3.63, 3.8) is 0 Å². The third-order valence-electron chi connectivity index (χ3n) is 5.20. The minimum atomic E-state index is 0.0153. The largest absolute Gasteiger partial charge is 0.497 e. The molecule has 0 N–H and O–H groups in total. The lowest BCUT2D eigenvalue weighted by atomic mass is 10.2. The summed E-state index contributed by atoms with van der Waals surface area (Å²) in [4.78, 5) is 26.1. The van der Waals surface area contributed by atoms with E-state index in [-0.39, 0.29) is 5.91 Å². The van der Waals surface area contributed by atoms with Gasteiger partial charge in [-0.15, -0.1) is 0 Å². The Balaban J connectivity index is 1.52. The topological polar surface area (TPSA) is 84.6 Å². The number of carbonyl (C=O) groups excluding carboxylic acids is 1. The standard InChI is InChI=1S/C22H25N5O3/c1-3-19-24-21(30-25-19)18-9-5-10-23-20(18)26-11-6-12-27(14-13-26)22(28)16-7-4-8-17(15-16)29-2/h4-5,7-10,15H,3,6,11-14H2,1-2H3. The average Bonchev–Trinajstić information content (AvgIpc) is 3.15. The number of methoxy groups -OCH3 is 1. The van der Waals surface area contributed by atoms with Crippen molar-refractivity contribution in [3.8, 4) is 17.2 Å². The second kappa shape index (κ2) is 8.94. The van der Waals surface area contributed by atoms with E-state index in [4.69, 9.17) is 9.26 Å². The van der Waals surface area contributed by atoms with Gasteiger partial charge < -0.3 is 19.1 Å². The normalized spacial score (nSPS) is 14.5. The third-order valence-corrected chi connectivity index (χ3v) is 5.20. The Morgan fingerprint density at radius 1 is 1.17 bits per heavy atom. The molecule has 4 rings (SSSR count). The van der Waals surface area contributed by atoms with E-state index in [2.05, 4.69) is 20.0 Å². The maximum atomic E-state index is 13.0. The molecule has 1 aromatic carbocycles. The predicted octanol–water partition coefficient (Wildman–Crippen LogP) is 3.06. The molecule has 0 atom stereocenters. The number of hydrogen-bond donors (Lipinski definition) is 0. The zero-order chi connectivity index (χ0) is 20.9. The number of amides is 1. The number of aromatic nitrogens is 3. The fourth-order valence-corrected chi connectivity index (χ4v) is 3.59. The van der Waals surface area contributed by atoms with Crippen LogP contribution in [0.3, 0.4) is 0 Å². The molecule has 2 aromatic heterocycles. The number of anilines is 1. The molecule has 0 spiro atoms. The Hall–Kier alpha value is -3.42. The molecule has 8 heteroatoms. The highest BCUT2D eigenvalue weighted by Gasteiger charge is 2.24. The van der Waals surface area contributed by atoms with E-state index in [1.54, 1.807) is 19.4 Å². The van der Waals surface area contributed by atoms with Crippen LogP contribution in [0.4, 0.5) is 5.82 Å². The lowest BCUT2D eigenvalue weighted by Gasteiger charge is -2.24. The van der Waals surface area contributed by atoms with E-state index in [1.807, 2.05) is 42.2 Å². The molecule has 0 bridgehead atoms. The van der Waals surface area contributed by atoms with Crippen LogP contribution in [0, 0.1) is 0 Å². The first-order valence-electron chi connectivity index (χ1n) is 10.2. The first-order valence-corrected chi connectivity index (χ1v) is 10.2. The maximum absolute atomic E-state index is 13.0. The highest BCUT2D eigenvalue weighted by Crippen LogP contribution is 2.28. The van der Waals surface area contributed by atoms with Crippen molar-refractivity contribution >= 4 is 11.7 Å². The van der Waals surface area contributed by atoms with Crippen molar-refractivity contribution in [3.05, 3.63) is 54.0 Å². The SMILES string of the molecule is CCc1noc(-c2cccnc2N2CCCN(C(=O)c3cccc(OC)c3)CC2)n1. The smallest absolute Gasteiger partial charge is 0.261 e. The van der Waals surface area contributed by atoms with Crippen molar-refractivity contribution in [2.75, 3.05) is 38.2 Å². The van der Waals surface area contributed by atoms with Crippen LogP contribution in [0.5, 0.6) is 5.75 Å². The molecule has 1 aliphatic rings. The third kappa shape index (κ3) is 4.12. The van der Waals surface area contributed by atoms with Crippen molar-refractivity contribution in [1.29, 1.82) is 0 Å². The minimum absolute atomic E-state index is 0.0153. The Kier molecular flexibility index (Phi) is 5.92. The number of aryl methyl sites for hydroxylation is 1. The molecule has 1 amide bonds. The molecule has 8 nitrogen and oxygen atoms in total. The average molecular weight is 407 g/mol. The van der Waals surface area contributed by atoms with E-state index in [0.717, 1.165) is 24.3 Å². The molecule has 0 saturated carbocycles. The quantitative estimate of drug-likeness (QED) is 0.643. The lowest BCUT2D eigenvalue weighted by Crippen LogP contribution is -2.35. The van der Waals surface area contributed by atoms with Crippen LogP contribution in [-0.2, 0) is 6.42 Å². The Bertz CT molecular complexity index is 1020. The van der Waals surface area contributed by atoms with E-state index in [0.29, 0.717) is 49.1 Å². The predicted molar refractivity (Wildman–Crippen MR) is 113 cm³/mol. The van der Waals surface area contributed by atoms with Gasteiger partial charge in [-0.2, -0.15) is 4.98 Å². The molecule has 0 unspecified atom stereocenters. The maximum Gasteiger partial charge on any atom is 0.261 e. The molecular weight excluding hydrogens is 382 g/mol. The van der Waals surface area contributed by atoms with Gasteiger partial charge in [0.15, 0.2) is 5.82 Å². The van der Waals surface area contributed by atoms with Gasteiger partial charge in [-0.25, -0.2) is 4.98 Å². The summed E-state index contributed by atoms with van der Waals surface area (Å²) < 4.78 is 10.7. The first-order chi connectivity index (χ1) is 14.7. The lowest BCUT2D eigenvalue weighted by molar-refractivity contribution is 0.0766. The number of benzene rings is 1. The van der Waals surface area contributed by atoms with Crippen LogP contribution in [0.1, 0.15) is 29.5 Å². The van der Waals surface area contributed by atoms with Crippen molar-refractivity contribution in [1.82, 2.24) is 20.0 Å². The fourth-order valence-electron chi connectivity index (χ4n) is 3.59. The summed E-state index contributed by atoms with van der Waals surface area (Å²) in [6, 6.07) is 11.1. The van der Waals surface area contributed by atoms with E-state index in [9.17, 15) is 4.79 Å². The van der Waals surface area contributed by atoms with E-state index in [1.165, 1.54) is 0 Å². The number of carbonyl (C=O) groups is 1. The highest BCUT2D eigenvalue weighted by molar-refractivity contribution is 5.94. The second-order valence-electron chi connectivity index (χ2n) is 7.11. The van der Waals surface area contributed by atoms with Gasteiger partial charge in [0.1, 0.15) is 11.6 Å². The highest BCUT2D eigenvalue weighted by atomic mass is 16.5. The van der Waals surface area contributed by atoms with Gasteiger partial charge in [0, 0.05) is 44.4 Å². The number of hydrogen-bond acceptors (Lipinski definition) is 7. The van der Waals surface area contributed by atoms with Crippen molar-refractivity contribution in [2.24, 2.45) is 0 Å². The first kappa shape index (κ1) is 19.9. The van der Waals surface area contributed by atoms with Crippen LogP contribution in [0.25, 0.3) is 11.5 Å². The van der Waals surface area contributed by atoms with Gasteiger partial charge in [-0.3, -0.25) is 4.79 Å². The van der Waals surface area contributed by atoms with E-state index >= 15 is 0 Å². The van der Waals surface area contributed by atoms with Gasteiger partial charge in [0.25, 0.3) is 11.8 Å². The molecule has 3 aromatic rings.